The molecule has 4 rings (SSSR count). The van der Waals surface area contributed by atoms with Gasteiger partial charge >= 0.3 is 0 Å². The second kappa shape index (κ2) is 8.86. The van der Waals surface area contributed by atoms with Crippen LogP contribution in [0.2, 0.25) is 0 Å². The van der Waals surface area contributed by atoms with Crippen molar-refractivity contribution in [3.8, 4) is 11.8 Å². The lowest BCUT2D eigenvalue weighted by Crippen LogP contribution is -2.60. The Morgan fingerprint density at radius 2 is 1.83 bits per heavy atom. The number of likely N-dealkylation sites (tertiary alicyclic amines) is 1. The molecule has 2 aliphatic rings. The van der Waals surface area contributed by atoms with E-state index in [-0.39, 0.29) is 5.91 Å². The highest BCUT2D eigenvalue weighted by atomic mass is 16.5. The molecule has 6 heteroatoms. The van der Waals surface area contributed by atoms with E-state index >= 15 is 0 Å². The van der Waals surface area contributed by atoms with Crippen LogP contribution in [0.15, 0.2) is 48.5 Å². The molecule has 0 N–H and O–H groups in total. The van der Waals surface area contributed by atoms with Crippen molar-refractivity contribution >= 4 is 5.91 Å². The zero-order chi connectivity index (χ0) is 21.0. The lowest BCUT2D eigenvalue weighted by atomic mass is 9.88. The quantitative estimate of drug-likeness (QED) is 0.765. The highest BCUT2D eigenvalue weighted by molar-refractivity contribution is 5.86. The fourth-order valence-electron chi connectivity index (χ4n) is 4.32. The number of nitriles is 1. The average molecular weight is 405 g/mol. The third-order valence-electron chi connectivity index (χ3n) is 6.08. The molecule has 0 saturated carbocycles. The van der Waals surface area contributed by atoms with Crippen LogP contribution in [0.5, 0.6) is 5.75 Å². The van der Waals surface area contributed by atoms with E-state index in [0.717, 1.165) is 30.9 Å². The molecule has 1 amide bonds. The van der Waals surface area contributed by atoms with Crippen LogP contribution in [0.25, 0.3) is 0 Å². The van der Waals surface area contributed by atoms with E-state index in [2.05, 4.69) is 11.0 Å². The van der Waals surface area contributed by atoms with Gasteiger partial charge in [-0.2, -0.15) is 5.26 Å². The number of piperidine rings is 1. The Morgan fingerprint density at radius 1 is 1.07 bits per heavy atom. The zero-order valence-electron chi connectivity index (χ0n) is 17.3. The fourth-order valence-corrected chi connectivity index (χ4v) is 4.32. The monoisotopic (exact) mass is 405 g/mol. The van der Waals surface area contributed by atoms with Crippen LogP contribution in [0.1, 0.15) is 29.5 Å². The van der Waals surface area contributed by atoms with Gasteiger partial charge in [0.25, 0.3) is 5.91 Å². The number of hydrogen-bond acceptors (Lipinski definition) is 5. The molecule has 156 valence electrons. The van der Waals surface area contributed by atoms with E-state index in [0.29, 0.717) is 38.1 Å². The molecule has 2 saturated heterocycles. The summed E-state index contributed by atoms with van der Waals surface area (Å²) >= 11 is 0. The fraction of sp³-hybridized carbons (Fsp3) is 0.417. The number of ether oxygens (including phenoxy) is 2. The first kappa shape index (κ1) is 20.4. The molecule has 0 radical (unpaired) electrons. The topological polar surface area (TPSA) is 65.8 Å². The van der Waals surface area contributed by atoms with Crippen LogP contribution in [-0.2, 0) is 22.6 Å². The number of amides is 1. The first-order valence-corrected chi connectivity index (χ1v) is 10.4. The minimum Gasteiger partial charge on any atom is -0.497 e. The van der Waals surface area contributed by atoms with E-state index in [1.54, 1.807) is 7.11 Å². The molecule has 2 aromatic rings. The highest BCUT2D eigenvalue weighted by Gasteiger charge is 2.47. The molecule has 0 bridgehead atoms. The van der Waals surface area contributed by atoms with Gasteiger partial charge in [-0.1, -0.05) is 24.3 Å². The number of rotatable bonds is 5. The van der Waals surface area contributed by atoms with Crippen molar-refractivity contribution in [3.05, 3.63) is 65.2 Å². The van der Waals surface area contributed by atoms with Gasteiger partial charge in [-0.05, 0) is 48.2 Å². The summed E-state index contributed by atoms with van der Waals surface area (Å²) in [5.74, 6) is 0.911. The lowest BCUT2D eigenvalue weighted by Gasteiger charge is -2.46. The first-order chi connectivity index (χ1) is 14.6. The maximum Gasteiger partial charge on any atom is 0.255 e. The van der Waals surface area contributed by atoms with E-state index in [1.807, 2.05) is 53.4 Å². The van der Waals surface area contributed by atoms with Crippen molar-refractivity contribution in [3.63, 3.8) is 0 Å². The SMILES string of the molecule is COc1cccc(CN2CCOC3(CCN(Cc4ccc(C#N)cc4)CC3)C2=O)c1. The zero-order valence-corrected chi connectivity index (χ0v) is 17.3. The molecule has 2 heterocycles. The highest BCUT2D eigenvalue weighted by Crippen LogP contribution is 2.32. The van der Waals surface area contributed by atoms with Gasteiger partial charge in [-0.25, -0.2) is 0 Å². The van der Waals surface area contributed by atoms with Crippen molar-refractivity contribution in [1.29, 1.82) is 5.26 Å². The normalized spacial score (nSPS) is 18.9. The van der Waals surface area contributed by atoms with Gasteiger partial charge < -0.3 is 14.4 Å². The van der Waals surface area contributed by atoms with Gasteiger partial charge in [-0.15, -0.1) is 0 Å². The summed E-state index contributed by atoms with van der Waals surface area (Å²) in [5.41, 5.74) is 2.23. The van der Waals surface area contributed by atoms with Crippen LogP contribution in [-0.4, -0.2) is 54.7 Å². The summed E-state index contributed by atoms with van der Waals surface area (Å²) in [6, 6.07) is 17.7. The Kier molecular flexibility index (Phi) is 6.03. The Balaban J connectivity index is 1.37. The summed E-state index contributed by atoms with van der Waals surface area (Å²) in [6.07, 6.45) is 1.41. The lowest BCUT2D eigenvalue weighted by molar-refractivity contribution is -0.180. The number of carbonyl (C=O) groups excluding carboxylic acids is 1. The molecule has 1 spiro atoms. The molecule has 0 unspecified atom stereocenters. The number of methoxy groups -OCH3 is 1. The molecule has 2 fully saturated rings. The third-order valence-corrected chi connectivity index (χ3v) is 6.08. The van der Waals surface area contributed by atoms with Crippen molar-refractivity contribution < 1.29 is 14.3 Å². The largest absolute Gasteiger partial charge is 0.497 e. The summed E-state index contributed by atoms with van der Waals surface area (Å²) in [7, 11) is 1.65. The predicted octanol–water partition coefficient (Wildman–Crippen LogP) is 2.96. The number of carbonyl (C=O) groups is 1. The van der Waals surface area contributed by atoms with Gasteiger partial charge in [0.15, 0.2) is 0 Å². The summed E-state index contributed by atoms with van der Waals surface area (Å²) in [5, 5.41) is 8.94. The van der Waals surface area contributed by atoms with Gasteiger partial charge in [0.1, 0.15) is 11.4 Å². The van der Waals surface area contributed by atoms with Crippen LogP contribution in [0.4, 0.5) is 0 Å². The molecular formula is C24H27N3O3. The van der Waals surface area contributed by atoms with E-state index in [9.17, 15) is 4.79 Å². The summed E-state index contributed by atoms with van der Waals surface area (Å²) in [6.45, 7) is 4.23. The average Bonchev–Trinajstić information content (AvgIpc) is 2.79. The van der Waals surface area contributed by atoms with E-state index < -0.39 is 5.60 Å². The van der Waals surface area contributed by atoms with Crippen molar-refractivity contribution in [2.24, 2.45) is 0 Å². The molecule has 0 atom stereocenters. The number of morpholine rings is 1. The van der Waals surface area contributed by atoms with Crippen molar-refractivity contribution in [2.45, 2.75) is 31.5 Å². The minimum atomic E-state index is -0.696. The maximum absolute atomic E-state index is 13.3. The molecular weight excluding hydrogens is 378 g/mol. The number of benzene rings is 2. The second-order valence-electron chi connectivity index (χ2n) is 8.01. The smallest absolute Gasteiger partial charge is 0.255 e. The summed E-state index contributed by atoms with van der Waals surface area (Å²) in [4.78, 5) is 17.6. The molecule has 30 heavy (non-hydrogen) atoms. The van der Waals surface area contributed by atoms with Gasteiger partial charge in [-0.3, -0.25) is 9.69 Å². The molecule has 2 aliphatic heterocycles. The molecule has 6 nitrogen and oxygen atoms in total. The maximum atomic E-state index is 13.3. The van der Waals surface area contributed by atoms with Crippen LogP contribution in [0.3, 0.4) is 0 Å². The first-order valence-electron chi connectivity index (χ1n) is 10.4. The van der Waals surface area contributed by atoms with Crippen molar-refractivity contribution in [1.82, 2.24) is 9.80 Å². The Morgan fingerprint density at radius 3 is 2.53 bits per heavy atom. The van der Waals surface area contributed by atoms with Crippen molar-refractivity contribution in [2.75, 3.05) is 33.4 Å². The van der Waals surface area contributed by atoms with Gasteiger partial charge in [0.2, 0.25) is 0 Å². The van der Waals surface area contributed by atoms with Crippen LogP contribution < -0.4 is 4.74 Å². The van der Waals surface area contributed by atoms with Crippen LogP contribution >= 0.6 is 0 Å². The Hall–Kier alpha value is -2.88. The Labute approximate surface area is 177 Å². The number of hydrogen-bond donors (Lipinski definition) is 0. The van der Waals surface area contributed by atoms with E-state index in [4.69, 9.17) is 14.7 Å². The minimum absolute atomic E-state index is 0.106. The van der Waals surface area contributed by atoms with E-state index in [1.165, 1.54) is 5.56 Å². The molecule has 0 aliphatic carbocycles. The second-order valence-corrected chi connectivity index (χ2v) is 8.01. The number of nitrogens with zero attached hydrogens (tertiary/aromatic N) is 3. The summed E-state index contributed by atoms with van der Waals surface area (Å²) < 4.78 is 11.4. The molecule has 0 aromatic heterocycles. The van der Waals surface area contributed by atoms with Crippen LogP contribution in [0, 0.1) is 11.3 Å². The predicted molar refractivity (Wildman–Crippen MR) is 113 cm³/mol. The van der Waals surface area contributed by atoms with Gasteiger partial charge in [0.05, 0.1) is 25.3 Å². The standard InChI is InChI=1S/C24H27N3O3/c1-29-22-4-2-3-21(15-22)18-27-13-14-30-24(23(27)28)9-11-26(12-10-24)17-20-7-5-19(16-25)6-8-20/h2-8,15H,9-14,17-18H2,1H3. The molecule has 2 aromatic carbocycles. The third kappa shape index (κ3) is 4.33. The Bertz CT molecular complexity index is 927. The van der Waals surface area contributed by atoms with Gasteiger partial charge in [0, 0.05) is 32.7 Å².